The van der Waals surface area contributed by atoms with Gasteiger partial charge in [0.25, 0.3) is 0 Å². The highest BCUT2D eigenvalue weighted by Crippen LogP contribution is 2.11. The number of benzene rings is 1. The van der Waals surface area contributed by atoms with Gasteiger partial charge in [-0.1, -0.05) is 12.1 Å². The number of hydrogen-bond acceptors (Lipinski definition) is 9. The first-order chi connectivity index (χ1) is 18.7. The van der Waals surface area contributed by atoms with Crippen LogP contribution in [-0.4, -0.2) is 92.9 Å². The van der Waals surface area contributed by atoms with Crippen molar-refractivity contribution in [3.8, 4) is 5.75 Å². The molecule has 0 spiro atoms. The number of aromatic hydroxyl groups is 1. The third-order valence-corrected chi connectivity index (χ3v) is 5.63. The minimum Gasteiger partial charge on any atom is -0.508 e. The summed E-state index contributed by atoms with van der Waals surface area (Å²) < 4.78 is 0. The summed E-state index contributed by atoms with van der Waals surface area (Å²) >= 11 is 0. The van der Waals surface area contributed by atoms with E-state index in [9.17, 15) is 39.3 Å². The van der Waals surface area contributed by atoms with Crippen molar-refractivity contribution in [2.75, 3.05) is 6.54 Å². The number of hydrogen-bond donors (Lipinski definition) is 10. The maximum absolute atomic E-state index is 13.0. The van der Waals surface area contributed by atoms with Gasteiger partial charge in [0.1, 0.15) is 23.9 Å². The van der Waals surface area contributed by atoms with Crippen LogP contribution < -0.4 is 33.2 Å². The first-order valence-corrected chi connectivity index (χ1v) is 12.3. The Hall–Kier alpha value is -4.44. The highest BCUT2D eigenvalue weighted by molar-refractivity contribution is 5.94. The van der Waals surface area contributed by atoms with Gasteiger partial charge in [-0.25, -0.2) is 4.79 Å². The lowest BCUT2D eigenvalue weighted by Gasteiger charge is -2.26. The van der Waals surface area contributed by atoms with Gasteiger partial charge in [0.05, 0.1) is 12.1 Å². The summed E-state index contributed by atoms with van der Waals surface area (Å²) in [5, 5.41) is 44.7. The van der Waals surface area contributed by atoms with Crippen molar-refractivity contribution in [2.24, 2.45) is 22.2 Å². The molecule has 0 radical (unpaired) electrons. The second-order valence-electron chi connectivity index (χ2n) is 9.05. The molecule has 16 nitrogen and oxygen atoms in total. The fraction of sp³-hybridized carbons (Fsp3) is 0.500. The van der Waals surface area contributed by atoms with Crippen molar-refractivity contribution in [2.45, 2.75) is 69.3 Å². The Morgan fingerprint density at radius 1 is 0.900 bits per heavy atom. The summed E-state index contributed by atoms with van der Waals surface area (Å²) in [6.45, 7) is 1.31. The fourth-order valence-corrected chi connectivity index (χ4v) is 3.48. The molecular weight excluding hydrogens is 530 g/mol. The number of amides is 3. The molecule has 0 bridgehead atoms. The lowest BCUT2D eigenvalue weighted by molar-refractivity contribution is -0.143. The van der Waals surface area contributed by atoms with Crippen LogP contribution in [0.4, 0.5) is 0 Å². The van der Waals surface area contributed by atoms with E-state index < -0.39 is 72.8 Å². The van der Waals surface area contributed by atoms with Crippen molar-refractivity contribution in [3.63, 3.8) is 0 Å². The zero-order valence-corrected chi connectivity index (χ0v) is 21.9. The molecule has 3 amide bonds. The molecule has 0 aliphatic carbocycles. The summed E-state index contributed by atoms with van der Waals surface area (Å²) in [6, 6.07) is 0.406. The molecule has 1 aromatic carbocycles. The first-order valence-electron chi connectivity index (χ1n) is 12.3. The lowest BCUT2D eigenvalue weighted by Crippen LogP contribution is -2.60. The van der Waals surface area contributed by atoms with Gasteiger partial charge in [0.2, 0.25) is 17.7 Å². The van der Waals surface area contributed by atoms with E-state index in [0.29, 0.717) is 5.56 Å². The molecule has 13 N–H and O–H groups in total. The number of phenols is 1. The number of aliphatic carboxylic acids is 2. The maximum atomic E-state index is 13.0. The number of nitrogens with two attached hydrogens (primary N) is 3. The van der Waals surface area contributed by atoms with Gasteiger partial charge in [-0.2, -0.15) is 0 Å². The van der Waals surface area contributed by atoms with Crippen LogP contribution in [0, 0.1) is 0 Å². The molecule has 0 saturated heterocycles. The van der Waals surface area contributed by atoms with E-state index >= 15 is 0 Å². The minimum absolute atomic E-state index is 0.0288. The van der Waals surface area contributed by atoms with Crippen LogP contribution in [0.3, 0.4) is 0 Å². The van der Waals surface area contributed by atoms with E-state index in [1.807, 2.05) is 0 Å². The molecule has 0 saturated carbocycles. The second kappa shape index (κ2) is 16.5. The van der Waals surface area contributed by atoms with Gasteiger partial charge < -0.3 is 53.6 Å². The highest BCUT2D eigenvalue weighted by Gasteiger charge is 2.32. The van der Waals surface area contributed by atoms with Crippen LogP contribution in [-0.2, 0) is 30.4 Å². The molecular formula is C24H37N7O9. The lowest BCUT2D eigenvalue weighted by atomic mass is 10.0. The molecule has 40 heavy (non-hydrogen) atoms. The number of aliphatic imine (C=N–C) groups is 1. The number of nitrogens with zero attached hydrogens (tertiary/aromatic N) is 1. The third kappa shape index (κ3) is 12.4. The molecule has 5 unspecified atom stereocenters. The van der Waals surface area contributed by atoms with E-state index in [2.05, 4.69) is 20.9 Å². The predicted molar refractivity (Wildman–Crippen MR) is 142 cm³/mol. The summed E-state index contributed by atoms with van der Waals surface area (Å²) in [4.78, 5) is 64.7. The van der Waals surface area contributed by atoms with Gasteiger partial charge >= 0.3 is 11.9 Å². The summed E-state index contributed by atoms with van der Waals surface area (Å²) in [5.41, 5.74) is 17.1. The van der Waals surface area contributed by atoms with Crippen LogP contribution in [0.2, 0.25) is 0 Å². The van der Waals surface area contributed by atoms with E-state index in [4.69, 9.17) is 22.3 Å². The van der Waals surface area contributed by atoms with Crippen LogP contribution in [0.25, 0.3) is 0 Å². The minimum atomic E-state index is -1.55. The third-order valence-electron chi connectivity index (χ3n) is 5.63. The maximum Gasteiger partial charge on any atom is 0.326 e. The Kier molecular flexibility index (Phi) is 13.9. The van der Waals surface area contributed by atoms with Gasteiger partial charge in [-0.3, -0.25) is 24.2 Å². The highest BCUT2D eigenvalue weighted by atomic mass is 16.4. The molecule has 5 atom stereocenters. The number of aliphatic hydroxyl groups is 1. The van der Waals surface area contributed by atoms with Crippen molar-refractivity contribution in [3.05, 3.63) is 29.8 Å². The standard InChI is InChI=1S/C24H37N7O9/c1-12(32)19(31-20(36)15(25)11-13-4-6-14(33)7-5-13)22(38)29-16(3-2-10-28-24(26)27)21(37)30-17(23(39)40)8-9-18(34)35/h4-7,12,15-17,19,32-33H,2-3,8-11,25H2,1H3,(H,29,38)(H,30,37)(H,31,36)(H,34,35)(H,39,40)(H4,26,27,28). The van der Waals surface area contributed by atoms with Crippen LogP contribution in [0.5, 0.6) is 5.75 Å². The van der Waals surface area contributed by atoms with E-state index in [-0.39, 0.29) is 37.5 Å². The monoisotopic (exact) mass is 567 g/mol. The molecule has 16 heteroatoms. The second-order valence-corrected chi connectivity index (χ2v) is 9.05. The van der Waals surface area contributed by atoms with Gasteiger partial charge in [-0.15, -0.1) is 0 Å². The number of carbonyl (C=O) groups is 5. The van der Waals surface area contributed by atoms with Crippen molar-refractivity contribution in [1.29, 1.82) is 0 Å². The molecule has 222 valence electrons. The quantitative estimate of drug-likeness (QED) is 0.0515. The van der Waals surface area contributed by atoms with Crippen LogP contribution >= 0.6 is 0 Å². The molecule has 0 aliphatic rings. The van der Waals surface area contributed by atoms with Gasteiger partial charge in [0, 0.05) is 13.0 Å². The number of carboxylic acid groups (broad SMARTS) is 2. The number of carboxylic acids is 2. The largest absolute Gasteiger partial charge is 0.508 e. The predicted octanol–water partition coefficient (Wildman–Crippen LogP) is -2.90. The Morgan fingerprint density at radius 2 is 1.50 bits per heavy atom. The number of rotatable bonds is 17. The molecule has 1 rings (SSSR count). The average Bonchev–Trinajstić information content (AvgIpc) is 2.86. The van der Waals surface area contributed by atoms with Crippen molar-refractivity contribution in [1.82, 2.24) is 16.0 Å². The smallest absolute Gasteiger partial charge is 0.326 e. The van der Waals surface area contributed by atoms with E-state index in [1.165, 1.54) is 19.1 Å². The van der Waals surface area contributed by atoms with E-state index in [1.54, 1.807) is 12.1 Å². The summed E-state index contributed by atoms with van der Waals surface area (Å²) in [7, 11) is 0. The number of carbonyl (C=O) groups excluding carboxylic acids is 3. The summed E-state index contributed by atoms with van der Waals surface area (Å²) in [5.74, 6) is -5.58. The van der Waals surface area contributed by atoms with Crippen LogP contribution in [0.1, 0.15) is 38.2 Å². The number of guanidine groups is 1. The van der Waals surface area contributed by atoms with Gasteiger partial charge in [0.15, 0.2) is 5.96 Å². The molecule has 1 aromatic rings. The summed E-state index contributed by atoms with van der Waals surface area (Å²) in [6.07, 6.45) is -2.19. The average molecular weight is 568 g/mol. The van der Waals surface area contributed by atoms with Crippen molar-refractivity contribution >= 4 is 35.6 Å². The van der Waals surface area contributed by atoms with E-state index in [0.717, 1.165) is 0 Å². The number of aliphatic hydroxyl groups excluding tert-OH is 1. The number of phenolic OH excluding ortho intramolecular Hbond substituents is 1. The Bertz CT molecular complexity index is 1060. The molecule has 0 aliphatic heterocycles. The fourth-order valence-electron chi connectivity index (χ4n) is 3.48. The number of nitrogens with one attached hydrogen (secondary N) is 3. The topological polar surface area (TPSA) is 293 Å². The Labute approximate surface area is 230 Å². The SMILES string of the molecule is CC(O)C(NC(=O)C(N)Cc1ccc(O)cc1)C(=O)NC(CCCN=C(N)N)C(=O)NC(CCC(=O)O)C(=O)O. The molecule has 0 heterocycles. The Balaban J connectivity index is 2.99. The normalized spacial score (nSPS) is 14.5. The van der Waals surface area contributed by atoms with Crippen LogP contribution in [0.15, 0.2) is 29.3 Å². The molecule has 0 fully saturated rings. The zero-order chi connectivity index (χ0) is 30.4. The van der Waals surface area contributed by atoms with Gasteiger partial charge in [-0.05, 0) is 50.3 Å². The Morgan fingerprint density at radius 3 is 2.02 bits per heavy atom. The zero-order valence-electron chi connectivity index (χ0n) is 21.9. The first kappa shape index (κ1) is 33.6. The molecule has 0 aromatic heterocycles. The van der Waals surface area contributed by atoms with Crippen molar-refractivity contribution < 1.29 is 44.4 Å².